The SMILES string of the molecule is C=CC(O)CC1CC1. The molecule has 1 N–H and O–H groups in total. The molecule has 0 aromatic carbocycles. The van der Waals surface area contributed by atoms with Crippen LogP contribution in [-0.4, -0.2) is 11.2 Å². The summed E-state index contributed by atoms with van der Waals surface area (Å²) in [7, 11) is 0. The Morgan fingerprint density at radius 2 is 2.38 bits per heavy atom. The highest BCUT2D eigenvalue weighted by Gasteiger charge is 2.22. The van der Waals surface area contributed by atoms with E-state index in [0.717, 1.165) is 12.3 Å². The van der Waals surface area contributed by atoms with Gasteiger partial charge in [0.05, 0.1) is 6.10 Å². The van der Waals surface area contributed by atoms with Crippen LogP contribution in [0.3, 0.4) is 0 Å². The third-order valence-corrected chi connectivity index (χ3v) is 1.54. The predicted molar refractivity (Wildman–Crippen MR) is 33.5 cm³/mol. The van der Waals surface area contributed by atoms with E-state index in [9.17, 15) is 0 Å². The van der Waals surface area contributed by atoms with Gasteiger partial charge in [0.2, 0.25) is 0 Å². The molecule has 1 aliphatic carbocycles. The molecule has 0 heterocycles. The lowest BCUT2D eigenvalue weighted by molar-refractivity contribution is 0.205. The Bertz CT molecular complexity index is 84.4. The molecule has 8 heavy (non-hydrogen) atoms. The monoisotopic (exact) mass is 112 g/mol. The minimum Gasteiger partial charge on any atom is -0.389 e. The number of hydrogen-bond donors (Lipinski definition) is 1. The second kappa shape index (κ2) is 2.31. The molecule has 1 saturated carbocycles. The molecule has 1 rings (SSSR count). The van der Waals surface area contributed by atoms with Crippen molar-refractivity contribution in [3.63, 3.8) is 0 Å². The van der Waals surface area contributed by atoms with Gasteiger partial charge >= 0.3 is 0 Å². The van der Waals surface area contributed by atoms with Crippen LogP contribution in [0.25, 0.3) is 0 Å². The van der Waals surface area contributed by atoms with E-state index < -0.39 is 0 Å². The topological polar surface area (TPSA) is 20.2 Å². The van der Waals surface area contributed by atoms with Gasteiger partial charge in [0.25, 0.3) is 0 Å². The maximum Gasteiger partial charge on any atom is 0.0720 e. The van der Waals surface area contributed by atoms with E-state index in [2.05, 4.69) is 6.58 Å². The van der Waals surface area contributed by atoms with Gasteiger partial charge in [0, 0.05) is 0 Å². The van der Waals surface area contributed by atoms with Crippen LogP contribution in [0.4, 0.5) is 0 Å². The lowest BCUT2D eigenvalue weighted by atomic mass is 10.2. The second-order valence-corrected chi connectivity index (χ2v) is 2.48. The first-order valence-corrected chi connectivity index (χ1v) is 3.13. The number of aliphatic hydroxyl groups is 1. The molecule has 0 bridgehead atoms. The average Bonchev–Trinajstić information content (AvgIpc) is 2.50. The van der Waals surface area contributed by atoms with Crippen molar-refractivity contribution in [3.8, 4) is 0 Å². The van der Waals surface area contributed by atoms with Crippen LogP contribution in [0.2, 0.25) is 0 Å². The molecule has 0 radical (unpaired) electrons. The highest BCUT2D eigenvalue weighted by molar-refractivity contribution is 4.84. The van der Waals surface area contributed by atoms with Crippen molar-refractivity contribution in [3.05, 3.63) is 12.7 Å². The number of rotatable bonds is 3. The summed E-state index contributed by atoms with van der Waals surface area (Å²) < 4.78 is 0. The maximum absolute atomic E-state index is 8.95. The predicted octanol–water partition coefficient (Wildman–Crippen LogP) is 1.33. The quantitative estimate of drug-likeness (QED) is 0.546. The molecule has 1 aliphatic rings. The van der Waals surface area contributed by atoms with Gasteiger partial charge in [-0.1, -0.05) is 18.9 Å². The Morgan fingerprint density at radius 1 is 1.75 bits per heavy atom. The minimum absolute atomic E-state index is 0.248. The summed E-state index contributed by atoms with van der Waals surface area (Å²) in [4.78, 5) is 0. The van der Waals surface area contributed by atoms with Crippen molar-refractivity contribution in [2.45, 2.75) is 25.4 Å². The fourth-order valence-corrected chi connectivity index (χ4v) is 0.791. The summed E-state index contributed by atoms with van der Waals surface area (Å²) in [5.74, 6) is 0.808. The summed E-state index contributed by atoms with van der Waals surface area (Å²) in [6.07, 6.45) is 4.92. The van der Waals surface area contributed by atoms with E-state index >= 15 is 0 Å². The summed E-state index contributed by atoms with van der Waals surface area (Å²) in [5.41, 5.74) is 0. The molecule has 0 spiro atoms. The van der Waals surface area contributed by atoms with Crippen LogP contribution in [0.1, 0.15) is 19.3 Å². The number of hydrogen-bond acceptors (Lipinski definition) is 1. The lowest BCUT2D eigenvalue weighted by Gasteiger charge is -1.99. The first-order chi connectivity index (χ1) is 3.83. The largest absolute Gasteiger partial charge is 0.389 e. The van der Waals surface area contributed by atoms with E-state index in [1.807, 2.05) is 0 Å². The normalized spacial score (nSPS) is 22.6. The van der Waals surface area contributed by atoms with Crippen LogP contribution in [0.5, 0.6) is 0 Å². The van der Waals surface area contributed by atoms with Gasteiger partial charge in [0.1, 0.15) is 0 Å². The van der Waals surface area contributed by atoms with Gasteiger partial charge in [-0.2, -0.15) is 0 Å². The fourth-order valence-electron chi connectivity index (χ4n) is 0.791. The molecule has 1 atom stereocenters. The Morgan fingerprint density at radius 3 is 2.75 bits per heavy atom. The van der Waals surface area contributed by atoms with Gasteiger partial charge in [-0.25, -0.2) is 0 Å². The zero-order chi connectivity index (χ0) is 5.98. The molecule has 0 aromatic rings. The zero-order valence-corrected chi connectivity index (χ0v) is 5.01. The van der Waals surface area contributed by atoms with Crippen LogP contribution in [0, 0.1) is 5.92 Å². The zero-order valence-electron chi connectivity index (χ0n) is 5.01. The molecule has 0 amide bonds. The standard InChI is InChI=1S/C7H12O/c1-2-7(8)5-6-3-4-6/h2,6-8H,1,3-5H2. The molecule has 1 fully saturated rings. The molecule has 1 nitrogen and oxygen atoms in total. The molecule has 1 heteroatoms. The lowest BCUT2D eigenvalue weighted by Crippen LogP contribution is -2.01. The maximum atomic E-state index is 8.95. The van der Waals surface area contributed by atoms with Crippen molar-refractivity contribution in [1.29, 1.82) is 0 Å². The van der Waals surface area contributed by atoms with Crippen molar-refractivity contribution in [1.82, 2.24) is 0 Å². The van der Waals surface area contributed by atoms with E-state index in [1.165, 1.54) is 12.8 Å². The fraction of sp³-hybridized carbons (Fsp3) is 0.714. The van der Waals surface area contributed by atoms with E-state index in [1.54, 1.807) is 6.08 Å². The van der Waals surface area contributed by atoms with Crippen LogP contribution in [0.15, 0.2) is 12.7 Å². The summed E-state index contributed by atoms with van der Waals surface area (Å²) in [6, 6.07) is 0. The molecule has 0 aromatic heterocycles. The van der Waals surface area contributed by atoms with Crippen molar-refractivity contribution in [2.75, 3.05) is 0 Å². The van der Waals surface area contributed by atoms with E-state index in [4.69, 9.17) is 5.11 Å². The summed E-state index contributed by atoms with van der Waals surface area (Å²) >= 11 is 0. The minimum atomic E-state index is -0.248. The van der Waals surface area contributed by atoms with Gasteiger partial charge < -0.3 is 5.11 Å². The first kappa shape index (κ1) is 5.83. The number of aliphatic hydroxyl groups excluding tert-OH is 1. The van der Waals surface area contributed by atoms with Gasteiger partial charge in [-0.15, -0.1) is 6.58 Å². The summed E-state index contributed by atoms with van der Waals surface area (Å²) in [5, 5.41) is 8.95. The van der Waals surface area contributed by atoms with Crippen molar-refractivity contribution < 1.29 is 5.11 Å². The third kappa shape index (κ3) is 1.66. The first-order valence-electron chi connectivity index (χ1n) is 3.13. The summed E-state index contributed by atoms with van der Waals surface area (Å²) in [6.45, 7) is 3.49. The average molecular weight is 112 g/mol. The van der Waals surface area contributed by atoms with Gasteiger partial charge in [0.15, 0.2) is 0 Å². The second-order valence-electron chi connectivity index (χ2n) is 2.48. The molecule has 46 valence electrons. The van der Waals surface area contributed by atoms with Crippen molar-refractivity contribution >= 4 is 0 Å². The molecular weight excluding hydrogens is 100 g/mol. The van der Waals surface area contributed by atoms with Crippen molar-refractivity contribution in [2.24, 2.45) is 5.92 Å². The smallest absolute Gasteiger partial charge is 0.0720 e. The van der Waals surface area contributed by atoms with Gasteiger partial charge in [-0.3, -0.25) is 0 Å². The highest BCUT2D eigenvalue weighted by Crippen LogP contribution is 2.33. The van der Waals surface area contributed by atoms with Gasteiger partial charge in [-0.05, 0) is 12.3 Å². The van der Waals surface area contributed by atoms with Crippen LogP contribution < -0.4 is 0 Å². The molecule has 0 saturated heterocycles. The molecule has 0 aliphatic heterocycles. The highest BCUT2D eigenvalue weighted by atomic mass is 16.3. The molecular formula is C7H12O. The van der Waals surface area contributed by atoms with Crippen LogP contribution >= 0.6 is 0 Å². The molecule has 1 unspecified atom stereocenters. The Labute approximate surface area is 50.0 Å². The third-order valence-electron chi connectivity index (χ3n) is 1.54. The Balaban J connectivity index is 2.06. The Kier molecular flexibility index (Phi) is 1.69. The Hall–Kier alpha value is -0.300. The van der Waals surface area contributed by atoms with Crippen LogP contribution in [-0.2, 0) is 0 Å². The van der Waals surface area contributed by atoms with E-state index in [0.29, 0.717) is 0 Å². The van der Waals surface area contributed by atoms with E-state index in [-0.39, 0.29) is 6.10 Å².